The third kappa shape index (κ3) is 7.59. The molecule has 3 heterocycles. The molecule has 0 saturated heterocycles. The van der Waals surface area contributed by atoms with Crippen molar-refractivity contribution >= 4 is 33.8 Å². The SMILES string of the molecule is C=C/C=C\C(=C1/Cc2ccccc2O1)c1ccc(-n2c(C)ccc3c(cc4ccccc42)SCC=C/C3=C\C)cc1.CC.CN. The Morgan fingerprint density at radius 1 is 0.933 bits per heavy atom. The molecule has 2 aliphatic rings. The molecule has 0 spiro atoms. The Morgan fingerprint density at radius 2 is 1.67 bits per heavy atom. The van der Waals surface area contributed by atoms with E-state index in [1.807, 2.05) is 43.8 Å². The number of para-hydroxylation sites is 2. The first kappa shape index (κ1) is 33.4. The zero-order valence-corrected chi connectivity index (χ0v) is 27.9. The van der Waals surface area contributed by atoms with Crippen molar-refractivity contribution < 1.29 is 4.74 Å². The number of aromatic nitrogens is 1. The lowest BCUT2D eigenvalue weighted by molar-refractivity contribution is 0.449. The van der Waals surface area contributed by atoms with Crippen LogP contribution in [0.25, 0.3) is 27.7 Å². The first-order valence-electron chi connectivity index (χ1n) is 15.6. The first-order chi connectivity index (χ1) is 22.2. The van der Waals surface area contributed by atoms with Crippen molar-refractivity contribution in [3.8, 4) is 11.4 Å². The van der Waals surface area contributed by atoms with E-state index in [2.05, 4.69) is 134 Å². The van der Waals surface area contributed by atoms with Gasteiger partial charge in [0.1, 0.15) is 11.5 Å². The minimum atomic E-state index is 0.779. The van der Waals surface area contributed by atoms with E-state index in [9.17, 15) is 0 Å². The highest BCUT2D eigenvalue weighted by molar-refractivity contribution is 7.99. The highest BCUT2D eigenvalue weighted by Gasteiger charge is 2.20. The van der Waals surface area contributed by atoms with Gasteiger partial charge >= 0.3 is 0 Å². The fourth-order valence-electron chi connectivity index (χ4n) is 5.48. The van der Waals surface area contributed by atoms with Crippen molar-refractivity contribution in [3.63, 3.8) is 0 Å². The molecule has 0 amide bonds. The third-order valence-electron chi connectivity index (χ3n) is 7.52. The predicted molar refractivity (Wildman–Crippen MR) is 198 cm³/mol. The van der Waals surface area contributed by atoms with Crippen LogP contribution in [0.3, 0.4) is 0 Å². The first-order valence-corrected chi connectivity index (χ1v) is 16.6. The number of fused-ring (bicyclic) bond motifs is 3. The lowest BCUT2D eigenvalue weighted by Gasteiger charge is -2.14. The van der Waals surface area contributed by atoms with Crippen LogP contribution in [0.5, 0.6) is 5.75 Å². The van der Waals surface area contributed by atoms with Crippen LogP contribution in [-0.4, -0.2) is 17.4 Å². The van der Waals surface area contributed by atoms with Gasteiger partial charge in [-0.2, -0.15) is 0 Å². The molecule has 0 bridgehead atoms. The van der Waals surface area contributed by atoms with Crippen LogP contribution in [0.4, 0.5) is 0 Å². The zero-order valence-electron chi connectivity index (χ0n) is 27.1. The van der Waals surface area contributed by atoms with Crippen LogP contribution in [0.1, 0.15) is 43.2 Å². The molecule has 0 fully saturated rings. The van der Waals surface area contributed by atoms with E-state index in [1.165, 1.54) is 34.0 Å². The number of nitrogens with zero attached hydrogens (tertiary/aromatic N) is 1. The average Bonchev–Trinajstić information content (AvgIpc) is 3.44. The van der Waals surface area contributed by atoms with E-state index in [4.69, 9.17) is 4.74 Å². The number of hydrogen-bond acceptors (Lipinski definition) is 3. The smallest absolute Gasteiger partial charge is 0.130 e. The number of aryl methyl sites for hydroxylation is 1. The van der Waals surface area contributed by atoms with Gasteiger partial charge in [0.05, 0.1) is 5.52 Å². The van der Waals surface area contributed by atoms with Gasteiger partial charge in [0.25, 0.3) is 0 Å². The standard InChI is InChI=1S/C38H33NOS.C2H6.CH5N/c1-4-6-15-33(37-25-31-13-8-10-17-36(31)40-37)29-19-21-32(22-20-29)39-27(3)18-23-34-28(5-2)14-11-24-41-38(34)26-30-12-7-9-16-35(30)39;2*1-2/h4-23,26H,1,24-25H2,2-3H3;1-2H3;2H2,1H3/b15-6-,27-18?,28-5+,34-23?,37-33-,38-26?;;. The van der Waals surface area contributed by atoms with Crippen molar-refractivity contribution in [1.29, 1.82) is 0 Å². The van der Waals surface area contributed by atoms with Crippen LogP contribution in [-0.2, 0) is 6.42 Å². The molecule has 4 heteroatoms. The van der Waals surface area contributed by atoms with Gasteiger partial charge < -0.3 is 15.0 Å². The van der Waals surface area contributed by atoms with Crippen LogP contribution in [0.15, 0.2) is 145 Å². The Kier molecular flexibility index (Phi) is 12.3. The summed E-state index contributed by atoms with van der Waals surface area (Å²) in [5.74, 6) is 2.86. The lowest BCUT2D eigenvalue weighted by atomic mass is 10.0. The van der Waals surface area contributed by atoms with E-state index >= 15 is 0 Å². The number of allylic oxidation sites excluding steroid dienone is 8. The molecule has 230 valence electrons. The molecule has 3 aromatic carbocycles. The fraction of sp³-hybridized carbons (Fsp3) is 0.171. The Morgan fingerprint density at radius 3 is 2.40 bits per heavy atom. The molecular formula is C41H44N2OS. The van der Waals surface area contributed by atoms with Gasteiger partial charge in [0.2, 0.25) is 0 Å². The summed E-state index contributed by atoms with van der Waals surface area (Å²) in [6, 6.07) is 32.6. The van der Waals surface area contributed by atoms with Crippen LogP contribution in [0.2, 0.25) is 0 Å². The number of hydrogen-bond donors (Lipinski definition) is 1. The molecule has 2 aliphatic heterocycles. The van der Waals surface area contributed by atoms with E-state index in [0.29, 0.717) is 0 Å². The quantitative estimate of drug-likeness (QED) is 0.233. The second-order valence-electron chi connectivity index (χ2n) is 10.1. The minimum Gasteiger partial charge on any atom is -0.460 e. The average molecular weight is 613 g/mol. The molecule has 0 radical (unpaired) electrons. The molecule has 2 N–H and O–H groups in total. The number of ether oxygens (including phenoxy) is 1. The normalized spacial score (nSPS) is 15.0. The van der Waals surface area contributed by atoms with Crippen molar-refractivity contribution in [3.05, 3.63) is 162 Å². The highest BCUT2D eigenvalue weighted by atomic mass is 32.2. The third-order valence-corrected chi connectivity index (χ3v) is 8.53. The maximum Gasteiger partial charge on any atom is 0.130 e. The van der Waals surface area contributed by atoms with E-state index in [1.54, 1.807) is 6.08 Å². The van der Waals surface area contributed by atoms with Gasteiger partial charge in [-0.1, -0.05) is 111 Å². The Bertz CT molecular complexity index is 1790. The monoisotopic (exact) mass is 612 g/mol. The topological polar surface area (TPSA) is 40.2 Å². The molecule has 0 saturated carbocycles. The number of benzene rings is 3. The van der Waals surface area contributed by atoms with Crippen molar-refractivity contribution in [1.82, 2.24) is 4.57 Å². The summed E-state index contributed by atoms with van der Waals surface area (Å²) >= 11 is 1.89. The summed E-state index contributed by atoms with van der Waals surface area (Å²) in [5, 5.41) is 1.20. The van der Waals surface area contributed by atoms with E-state index in [0.717, 1.165) is 51.7 Å². The molecule has 6 rings (SSSR count). The van der Waals surface area contributed by atoms with Crippen LogP contribution < -0.4 is 10.5 Å². The van der Waals surface area contributed by atoms with Crippen LogP contribution in [0, 0.1) is 6.92 Å². The summed E-state index contributed by atoms with van der Waals surface area (Å²) in [6.07, 6.45) is 13.3. The van der Waals surface area contributed by atoms with Gasteiger partial charge in [-0.25, -0.2) is 0 Å². The molecule has 0 atom stereocenters. The van der Waals surface area contributed by atoms with Crippen molar-refractivity contribution in [2.75, 3.05) is 12.8 Å². The molecular weight excluding hydrogens is 569 g/mol. The van der Waals surface area contributed by atoms with Gasteiger partial charge in [-0.05, 0) is 79.4 Å². The number of nitrogens with two attached hydrogens (primary N) is 1. The number of thioether (sulfide) groups is 1. The second kappa shape index (κ2) is 16.5. The van der Waals surface area contributed by atoms with Gasteiger partial charge in [-0.3, -0.25) is 0 Å². The maximum absolute atomic E-state index is 6.30. The van der Waals surface area contributed by atoms with Gasteiger partial charge in [-0.15, -0.1) is 11.8 Å². The fourth-order valence-corrected chi connectivity index (χ4v) is 6.41. The summed E-state index contributed by atoms with van der Waals surface area (Å²) in [5.41, 5.74) is 13.8. The zero-order chi connectivity index (χ0) is 32.2. The van der Waals surface area contributed by atoms with Crippen molar-refractivity contribution in [2.45, 2.75) is 39.0 Å². The lowest BCUT2D eigenvalue weighted by Crippen LogP contribution is -2.00. The Balaban J connectivity index is 0.00000111. The Hall–Kier alpha value is -4.51. The van der Waals surface area contributed by atoms with Crippen LogP contribution >= 0.6 is 11.8 Å². The predicted octanol–water partition coefficient (Wildman–Crippen LogP) is 10.8. The van der Waals surface area contributed by atoms with Gasteiger partial charge in [0.15, 0.2) is 0 Å². The van der Waals surface area contributed by atoms with Crippen molar-refractivity contribution in [2.24, 2.45) is 5.73 Å². The highest BCUT2D eigenvalue weighted by Crippen LogP contribution is 2.36. The summed E-state index contributed by atoms with van der Waals surface area (Å²) in [4.78, 5) is 1.29. The minimum absolute atomic E-state index is 0.779. The molecule has 0 unspecified atom stereocenters. The van der Waals surface area contributed by atoms with E-state index in [-0.39, 0.29) is 0 Å². The summed E-state index contributed by atoms with van der Waals surface area (Å²) < 4.78 is 8.65. The van der Waals surface area contributed by atoms with Gasteiger partial charge in [0, 0.05) is 39.6 Å². The second-order valence-corrected chi connectivity index (χ2v) is 11.2. The maximum atomic E-state index is 6.30. The van der Waals surface area contributed by atoms with E-state index < -0.39 is 0 Å². The molecule has 45 heavy (non-hydrogen) atoms. The molecule has 4 aromatic rings. The molecule has 0 aliphatic carbocycles. The Labute approximate surface area is 273 Å². The molecule has 1 aromatic heterocycles. The number of rotatable bonds is 4. The largest absolute Gasteiger partial charge is 0.460 e. The summed E-state index contributed by atoms with van der Waals surface area (Å²) in [6.45, 7) is 12.2. The molecule has 3 nitrogen and oxygen atoms in total. The summed E-state index contributed by atoms with van der Waals surface area (Å²) in [7, 11) is 1.50.